The van der Waals surface area contributed by atoms with Crippen LogP contribution in [0.1, 0.15) is 12.6 Å². The summed E-state index contributed by atoms with van der Waals surface area (Å²) in [5, 5.41) is 7.72. The Labute approximate surface area is 142 Å². The molecule has 10 nitrogen and oxygen atoms in total. The number of hydrogen-bond acceptors (Lipinski definition) is 8. The highest BCUT2D eigenvalue weighted by atomic mass is 32.2. The SMILES string of the molecule is CCOC(=O)N1CCN(C(=O)CSc2nnc(C)c(=O)n2N)CC1. The molecule has 2 rings (SSSR count). The van der Waals surface area contributed by atoms with Gasteiger partial charge in [-0.25, -0.2) is 4.79 Å². The third kappa shape index (κ3) is 4.16. The molecule has 0 atom stereocenters. The van der Waals surface area contributed by atoms with E-state index in [4.69, 9.17) is 10.6 Å². The number of hydrogen-bond donors (Lipinski definition) is 1. The largest absolute Gasteiger partial charge is 0.450 e. The van der Waals surface area contributed by atoms with Gasteiger partial charge in [-0.05, 0) is 13.8 Å². The second kappa shape index (κ2) is 7.99. The number of nitrogens with two attached hydrogens (primary N) is 1. The topological polar surface area (TPSA) is 124 Å². The van der Waals surface area contributed by atoms with Crippen molar-refractivity contribution >= 4 is 23.8 Å². The van der Waals surface area contributed by atoms with Crippen molar-refractivity contribution < 1.29 is 14.3 Å². The number of aryl methyl sites for hydroxylation is 1. The lowest BCUT2D eigenvalue weighted by molar-refractivity contribution is -0.129. The molecular formula is C13H20N6O4S. The van der Waals surface area contributed by atoms with Crippen molar-refractivity contribution in [3.63, 3.8) is 0 Å². The van der Waals surface area contributed by atoms with E-state index in [0.717, 1.165) is 16.4 Å². The van der Waals surface area contributed by atoms with Gasteiger partial charge in [-0.1, -0.05) is 11.8 Å². The van der Waals surface area contributed by atoms with Crippen LogP contribution in [0.5, 0.6) is 0 Å². The summed E-state index contributed by atoms with van der Waals surface area (Å²) < 4.78 is 5.82. The van der Waals surface area contributed by atoms with Gasteiger partial charge in [-0.3, -0.25) is 9.59 Å². The van der Waals surface area contributed by atoms with E-state index in [1.807, 2.05) is 0 Å². The smallest absolute Gasteiger partial charge is 0.409 e. The molecule has 0 spiro atoms. The van der Waals surface area contributed by atoms with E-state index < -0.39 is 5.56 Å². The van der Waals surface area contributed by atoms with Crippen LogP contribution in [0.25, 0.3) is 0 Å². The fraction of sp³-hybridized carbons (Fsp3) is 0.615. The lowest BCUT2D eigenvalue weighted by Gasteiger charge is -2.34. The molecule has 2 N–H and O–H groups in total. The van der Waals surface area contributed by atoms with Gasteiger partial charge in [0.05, 0.1) is 12.4 Å². The minimum Gasteiger partial charge on any atom is -0.450 e. The quantitative estimate of drug-likeness (QED) is 0.541. The zero-order chi connectivity index (χ0) is 17.7. The number of ether oxygens (including phenoxy) is 1. The molecule has 2 amide bonds. The predicted octanol–water partition coefficient (Wildman–Crippen LogP) is -0.947. The van der Waals surface area contributed by atoms with Crippen LogP contribution in [-0.2, 0) is 9.53 Å². The summed E-state index contributed by atoms with van der Waals surface area (Å²) in [6.07, 6.45) is -0.360. The number of rotatable bonds is 4. The Balaban J connectivity index is 1.85. The zero-order valence-electron chi connectivity index (χ0n) is 13.6. The van der Waals surface area contributed by atoms with E-state index in [9.17, 15) is 14.4 Å². The van der Waals surface area contributed by atoms with E-state index in [1.54, 1.807) is 16.7 Å². The van der Waals surface area contributed by atoms with Crippen molar-refractivity contribution in [3.8, 4) is 0 Å². The molecule has 132 valence electrons. The normalized spacial score (nSPS) is 14.6. The molecule has 0 aliphatic carbocycles. The van der Waals surface area contributed by atoms with Crippen LogP contribution >= 0.6 is 11.8 Å². The first-order chi connectivity index (χ1) is 11.4. The first-order valence-electron chi connectivity index (χ1n) is 7.47. The summed E-state index contributed by atoms with van der Waals surface area (Å²) in [7, 11) is 0. The van der Waals surface area contributed by atoms with Crippen molar-refractivity contribution in [2.45, 2.75) is 19.0 Å². The van der Waals surface area contributed by atoms with Crippen LogP contribution < -0.4 is 11.4 Å². The zero-order valence-corrected chi connectivity index (χ0v) is 14.4. The third-order valence-corrected chi connectivity index (χ3v) is 4.43. The van der Waals surface area contributed by atoms with Gasteiger partial charge < -0.3 is 20.4 Å². The second-order valence-electron chi connectivity index (χ2n) is 5.10. The summed E-state index contributed by atoms with van der Waals surface area (Å²) in [6.45, 7) is 5.33. The summed E-state index contributed by atoms with van der Waals surface area (Å²) in [4.78, 5) is 38.7. The van der Waals surface area contributed by atoms with Crippen LogP contribution in [-0.4, -0.2) is 75.2 Å². The van der Waals surface area contributed by atoms with Crippen molar-refractivity contribution in [1.29, 1.82) is 0 Å². The van der Waals surface area contributed by atoms with E-state index in [2.05, 4.69) is 10.2 Å². The molecule has 1 aliphatic heterocycles. The molecule has 1 aliphatic rings. The number of nitrogens with zero attached hydrogens (tertiary/aromatic N) is 5. The number of amides is 2. The lowest BCUT2D eigenvalue weighted by Crippen LogP contribution is -2.51. The first kappa shape index (κ1) is 18.0. The van der Waals surface area contributed by atoms with Gasteiger partial charge in [0.1, 0.15) is 5.69 Å². The summed E-state index contributed by atoms with van der Waals surface area (Å²) in [5.74, 6) is 5.60. The molecule has 0 bridgehead atoms. The monoisotopic (exact) mass is 356 g/mol. The Kier molecular flexibility index (Phi) is 6.01. The van der Waals surface area contributed by atoms with E-state index in [1.165, 1.54) is 6.92 Å². The summed E-state index contributed by atoms with van der Waals surface area (Å²) >= 11 is 1.05. The molecule has 0 aromatic carbocycles. The minimum absolute atomic E-state index is 0.0911. The molecule has 0 saturated carbocycles. The summed E-state index contributed by atoms with van der Waals surface area (Å²) in [5.41, 5.74) is -0.244. The molecule has 0 radical (unpaired) electrons. The maximum absolute atomic E-state index is 12.2. The third-order valence-electron chi connectivity index (χ3n) is 3.50. The lowest BCUT2D eigenvalue weighted by atomic mass is 10.3. The molecular weight excluding hydrogens is 336 g/mol. The predicted molar refractivity (Wildman–Crippen MR) is 87.1 cm³/mol. The Morgan fingerprint density at radius 1 is 1.21 bits per heavy atom. The van der Waals surface area contributed by atoms with Crippen LogP contribution in [0, 0.1) is 6.92 Å². The Bertz CT molecular complexity index is 671. The number of nitrogen functional groups attached to an aromatic ring is 1. The van der Waals surface area contributed by atoms with Crippen LogP contribution in [0.15, 0.2) is 9.95 Å². The highest BCUT2D eigenvalue weighted by Crippen LogP contribution is 2.13. The fourth-order valence-electron chi connectivity index (χ4n) is 2.14. The average Bonchev–Trinajstić information content (AvgIpc) is 2.59. The Morgan fingerprint density at radius 2 is 1.83 bits per heavy atom. The van der Waals surface area contributed by atoms with E-state index >= 15 is 0 Å². The highest BCUT2D eigenvalue weighted by molar-refractivity contribution is 7.99. The number of thioether (sulfide) groups is 1. The van der Waals surface area contributed by atoms with Crippen LogP contribution in [0.4, 0.5) is 4.79 Å². The molecule has 11 heteroatoms. The van der Waals surface area contributed by atoms with E-state index in [0.29, 0.717) is 32.8 Å². The van der Waals surface area contributed by atoms with Crippen molar-refractivity contribution in [2.24, 2.45) is 0 Å². The fourth-order valence-corrected chi connectivity index (χ4v) is 2.89. The molecule has 1 saturated heterocycles. The van der Waals surface area contributed by atoms with Gasteiger partial charge in [0.25, 0.3) is 5.56 Å². The van der Waals surface area contributed by atoms with Gasteiger partial charge in [0.15, 0.2) is 0 Å². The van der Waals surface area contributed by atoms with Crippen molar-refractivity contribution in [2.75, 3.05) is 44.4 Å². The van der Waals surface area contributed by atoms with Crippen molar-refractivity contribution in [3.05, 3.63) is 16.0 Å². The highest BCUT2D eigenvalue weighted by Gasteiger charge is 2.25. The van der Waals surface area contributed by atoms with Gasteiger partial charge in [-0.15, -0.1) is 10.2 Å². The Hall–Kier alpha value is -2.30. The maximum atomic E-state index is 12.2. The van der Waals surface area contributed by atoms with E-state index in [-0.39, 0.29) is 28.6 Å². The van der Waals surface area contributed by atoms with Gasteiger partial charge in [0, 0.05) is 26.2 Å². The van der Waals surface area contributed by atoms with Crippen LogP contribution in [0.2, 0.25) is 0 Å². The van der Waals surface area contributed by atoms with Gasteiger partial charge in [-0.2, -0.15) is 4.68 Å². The maximum Gasteiger partial charge on any atom is 0.409 e. The van der Waals surface area contributed by atoms with Crippen molar-refractivity contribution in [1.82, 2.24) is 24.7 Å². The number of aromatic nitrogens is 3. The summed E-state index contributed by atoms with van der Waals surface area (Å²) in [6, 6.07) is 0. The number of piperazine rings is 1. The molecule has 2 heterocycles. The molecule has 1 fully saturated rings. The second-order valence-corrected chi connectivity index (χ2v) is 6.04. The van der Waals surface area contributed by atoms with Crippen LogP contribution in [0.3, 0.4) is 0 Å². The van der Waals surface area contributed by atoms with Gasteiger partial charge >= 0.3 is 6.09 Å². The Morgan fingerprint density at radius 3 is 2.46 bits per heavy atom. The first-order valence-corrected chi connectivity index (χ1v) is 8.46. The molecule has 1 aromatic heterocycles. The van der Waals surface area contributed by atoms with Gasteiger partial charge in [0.2, 0.25) is 11.1 Å². The molecule has 24 heavy (non-hydrogen) atoms. The number of carbonyl (C=O) groups is 2. The average molecular weight is 356 g/mol. The molecule has 0 unspecified atom stereocenters. The minimum atomic E-state index is -0.442. The molecule has 1 aromatic rings. The standard InChI is InChI=1S/C13H20N6O4S/c1-3-23-13(22)18-6-4-17(5-7-18)10(20)8-24-12-16-15-9(2)11(21)19(12)14/h3-8,14H2,1-2H3. The number of carbonyl (C=O) groups excluding carboxylic acids is 2.